The molecular weight excluding hydrogens is 496 g/mol. The van der Waals surface area contributed by atoms with Gasteiger partial charge in [0.05, 0.1) is 21.7 Å². The Kier molecular flexibility index (Phi) is 6.29. The summed E-state index contributed by atoms with van der Waals surface area (Å²) in [5.74, 6) is -0.873. The number of fused-ring (bicyclic) bond motifs is 1. The third-order valence-electron chi connectivity index (χ3n) is 4.40. The lowest BCUT2D eigenvalue weighted by Gasteiger charge is -2.14. The van der Waals surface area contributed by atoms with E-state index in [0.717, 1.165) is 31.3 Å². The number of azo groups is 2. The van der Waals surface area contributed by atoms with Crippen molar-refractivity contribution in [1.29, 1.82) is 0 Å². The SMILES string of the molecule is CN=Nc1c(S(=O)(=O)O)cc2cc(S(=O)(=O)O)c(N=Nc3ccc([N+](=O)[O-])cc3)c(N)c2c1O. The van der Waals surface area contributed by atoms with E-state index in [1.807, 2.05) is 0 Å². The van der Waals surface area contributed by atoms with Gasteiger partial charge in [-0.15, -0.1) is 5.11 Å². The molecule has 17 heteroatoms. The van der Waals surface area contributed by atoms with Crippen molar-refractivity contribution in [2.45, 2.75) is 9.79 Å². The third kappa shape index (κ3) is 4.66. The minimum atomic E-state index is -5.01. The Balaban J connectivity index is 2.36. The van der Waals surface area contributed by atoms with Crippen LogP contribution in [0.25, 0.3) is 10.8 Å². The molecule has 34 heavy (non-hydrogen) atoms. The maximum absolute atomic E-state index is 12.0. The van der Waals surface area contributed by atoms with Crippen molar-refractivity contribution in [1.82, 2.24) is 0 Å². The van der Waals surface area contributed by atoms with Crippen LogP contribution in [0.5, 0.6) is 5.75 Å². The zero-order valence-corrected chi connectivity index (χ0v) is 18.5. The molecule has 0 saturated carbocycles. The van der Waals surface area contributed by atoms with Crippen molar-refractivity contribution in [3.63, 3.8) is 0 Å². The molecular formula is C17H14N6O9S2. The molecule has 3 aromatic carbocycles. The van der Waals surface area contributed by atoms with Gasteiger partial charge in [-0.1, -0.05) is 0 Å². The summed E-state index contributed by atoms with van der Waals surface area (Å²) in [5.41, 5.74) is 3.98. The molecule has 0 fully saturated rings. The van der Waals surface area contributed by atoms with Crippen LogP contribution in [0.4, 0.5) is 28.4 Å². The Morgan fingerprint density at radius 2 is 1.44 bits per heavy atom. The molecule has 3 aromatic rings. The van der Waals surface area contributed by atoms with Gasteiger partial charge in [-0.2, -0.15) is 32.2 Å². The number of hydrogen-bond donors (Lipinski definition) is 4. The van der Waals surface area contributed by atoms with Crippen molar-refractivity contribution in [3.8, 4) is 5.75 Å². The molecule has 0 heterocycles. The highest BCUT2D eigenvalue weighted by Crippen LogP contribution is 2.48. The minimum absolute atomic E-state index is 0.0535. The van der Waals surface area contributed by atoms with Crippen LogP contribution in [0, 0.1) is 10.1 Å². The maximum Gasteiger partial charge on any atom is 0.296 e. The fourth-order valence-corrected chi connectivity index (χ4v) is 4.28. The number of phenolic OH excluding ortho intramolecular Hbond substituents is 1. The Morgan fingerprint density at radius 3 is 1.91 bits per heavy atom. The van der Waals surface area contributed by atoms with Crippen LogP contribution in [0.2, 0.25) is 0 Å². The number of benzene rings is 3. The van der Waals surface area contributed by atoms with Gasteiger partial charge in [-0.25, -0.2) is 0 Å². The maximum atomic E-state index is 12.0. The molecule has 0 unspecified atom stereocenters. The summed E-state index contributed by atoms with van der Waals surface area (Å²) in [6.07, 6.45) is 0. The van der Waals surface area contributed by atoms with Crippen LogP contribution < -0.4 is 5.73 Å². The first kappa shape index (κ1) is 24.6. The van der Waals surface area contributed by atoms with E-state index in [4.69, 9.17) is 5.73 Å². The van der Waals surface area contributed by atoms with Gasteiger partial charge in [0, 0.05) is 19.2 Å². The van der Waals surface area contributed by atoms with Gasteiger partial charge >= 0.3 is 0 Å². The molecule has 3 rings (SSSR count). The van der Waals surface area contributed by atoms with E-state index in [2.05, 4.69) is 20.5 Å². The zero-order chi connectivity index (χ0) is 25.4. The average Bonchev–Trinajstić information content (AvgIpc) is 2.73. The van der Waals surface area contributed by atoms with Crippen molar-refractivity contribution in [2.24, 2.45) is 20.5 Å². The zero-order valence-electron chi connectivity index (χ0n) is 16.9. The lowest BCUT2D eigenvalue weighted by molar-refractivity contribution is -0.384. The second-order valence-corrected chi connectivity index (χ2v) is 9.31. The van der Waals surface area contributed by atoms with E-state index >= 15 is 0 Å². The van der Waals surface area contributed by atoms with E-state index in [1.54, 1.807) is 0 Å². The summed E-state index contributed by atoms with van der Waals surface area (Å²) >= 11 is 0. The van der Waals surface area contributed by atoms with Crippen LogP contribution in [0.15, 0.2) is 66.6 Å². The first-order chi connectivity index (χ1) is 15.8. The topological polar surface area (TPSA) is 248 Å². The minimum Gasteiger partial charge on any atom is -0.505 e. The standard InChI is InChI=1S/C17H14N6O9S2/c1-19-21-16-12(34(30,31)32)7-8-6-11(33(27,28)29)15(14(18)13(8)17(16)24)22-20-9-2-4-10(5-3-9)23(25)26/h2-7,24H,18H2,1H3,(H,27,28,29)(H,30,31,32). The lowest BCUT2D eigenvalue weighted by atomic mass is 10.1. The second-order valence-electron chi connectivity index (χ2n) is 6.53. The second kappa shape index (κ2) is 8.71. The number of hydrogen-bond acceptors (Lipinski definition) is 12. The molecule has 0 atom stereocenters. The molecule has 0 aromatic heterocycles. The fourth-order valence-electron chi connectivity index (χ4n) is 2.95. The van der Waals surface area contributed by atoms with Crippen LogP contribution >= 0.6 is 0 Å². The number of nitro benzene ring substituents is 1. The predicted octanol–water partition coefficient (Wildman–Crippen LogP) is 3.66. The summed E-state index contributed by atoms with van der Waals surface area (Å²) in [7, 11) is -8.80. The quantitative estimate of drug-likeness (QED) is 0.123. The monoisotopic (exact) mass is 510 g/mol. The molecule has 15 nitrogen and oxygen atoms in total. The number of nitrogens with zero attached hydrogens (tertiary/aromatic N) is 5. The Morgan fingerprint density at radius 1 is 0.912 bits per heavy atom. The molecule has 0 saturated heterocycles. The molecule has 0 aliphatic heterocycles. The molecule has 0 spiro atoms. The van der Waals surface area contributed by atoms with E-state index in [-0.39, 0.29) is 22.1 Å². The Labute approximate surface area is 190 Å². The number of rotatable bonds is 6. The van der Waals surface area contributed by atoms with Gasteiger partial charge < -0.3 is 10.8 Å². The Bertz CT molecular complexity index is 1600. The lowest BCUT2D eigenvalue weighted by Crippen LogP contribution is -2.03. The van der Waals surface area contributed by atoms with Crippen LogP contribution in [0.1, 0.15) is 0 Å². The summed E-state index contributed by atoms with van der Waals surface area (Å²) in [5, 5.41) is 35.1. The predicted molar refractivity (Wildman–Crippen MR) is 117 cm³/mol. The van der Waals surface area contributed by atoms with E-state index in [9.17, 15) is 41.2 Å². The number of anilines is 1. The van der Waals surface area contributed by atoms with Gasteiger partial charge in [0.25, 0.3) is 25.9 Å². The van der Waals surface area contributed by atoms with Gasteiger partial charge in [0.15, 0.2) is 5.75 Å². The molecule has 0 aliphatic rings. The molecule has 0 bridgehead atoms. The summed E-state index contributed by atoms with van der Waals surface area (Å²) < 4.78 is 66.6. The van der Waals surface area contributed by atoms with Crippen LogP contribution in [0.3, 0.4) is 0 Å². The first-order valence-electron chi connectivity index (χ1n) is 8.79. The number of non-ortho nitro benzene ring substituents is 1. The normalized spacial score (nSPS) is 12.7. The van der Waals surface area contributed by atoms with Crippen molar-refractivity contribution < 1.29 is 36.0 Å². The molecule has 178 valence electrons. The number of nitro groups is 1. The van der Waals surface area contributed by atoms with E-state index < -0.39 is 57.8 Å². The van der Waals surface area contributed by atoms with Crippen LogP contribution in [-0.2, 0) is 20.2 Å². The van der Waals surface area contributed by atoms with E-state index in [0.29, 0.717) is 0 Å². The highest BCUT2D eigenvalue weighted by molar-refractivity contribution is 7.86. The summed E-state index contributed by atoms with van der Waals surface area (Å²) in [6.45, 7) is 0. The smallest absolute Gasteiger partial charge is 0.296 e. The summed E-state index contributed by atoms with van der Waals surface area (Å²) in [4.78, 5) is 8.32. The fraction of sp³-hybridized carbons (Fsp3) is 0.0588. The molecule has 0 aliphatic carbocycles. The van der Waals surface area contributed by atoms with Gasteiger partial charge in [-0.3, -0.25) is 19.2 Å². The third-order valence-corrected chi connectivity index (χ3v) is 6.13. The highest BCUT2D eigenvalue weighted by atomic mass is 32.2. The summed E-state index contributed by atoms with van der Waals surface area (Å²) in [6, 6.07) is 6.19. The van der Waals surface area contributed by atoms with Crippen molar-refractivity contribution >= 4 is 59.4 Å². The van der Waals surface area contributed by atoms with Gasteiger partial charge in [-0.05, 0) is 29.7 Å². The molecule has 5 N–H and O–H groups in total. The number of nitrogens with two attached hydrogens (primary N) is 1. The largest absolute Gasteiger partial charge is 0.505 e. The van der Waals surface area contributed by atoms with Gasteiger partial charge in [0.1, 0.15) is 21.2 Å². The number of aromatic hydroxyl groups is 1. The van der Waals surface area contributed by atoms with Crippen molar-refractivity contribution in [2.75, 3.05) is 12.8 Å². The highest BCUT2D eigenvalue weighted by Gasteiger charge is 2.27. The number of nitrogen functional groups attached to an aromatic ring is 1. The molecule has 0 amide bonds. The van der Waals surface area contributed by atoms with Crippen molar-refractivity contribution in [3.05, 3.63) is 46.5 Å². The van der Waals surface area contributed by atoms with Crippen LogP contribution in [-0.4, -0.2) is 43.0 Å². The average molecular weight is 510 g/mol. The number of phenols is 1. The molecule has 0 radical (unpaired) electrons. The van der Waals surface area contributed by atoms with Gasteiger partial charge in [0.2, 0.25) is 0 Å². The van der Waals surface area contributed by atoms with E-state index in [1.165, 1.54) is 12.1 Å². The first-order valence-corrected chi connectivity index (χ1v) is 11.7. The Hall–Kier alpha value is -4.06.